The number of amides is 1. The number of methoxy groups -OCH3 is 1. The van der Waals surface area contributed by atoms with E-state index in [9.17, 15) is 4.79 Å². The van der Waals surface area contributed by atoms with Crippen LogP contribution < -0.4 is 14.8 Å². The molecule has 1 heterocycles. The van der Waals surface area contributed by atoms with Crippen molar-refractivity contribution in [2.45, 2.75) is 13.3 Å². The molecule has 1 amide bonds. The third-order valence-electron chi connectivity index (χ3n) is 3.88. The number of carbonyl (C=O) groups excluding carboxylic acids is 1. The van der Waals surface area contributed by atoms with Gasteiger partial charge in [-0.05, 0) is 30.2 Å². The number of thiazole rings is 1. The van der Waals surface area contributed by atoms with E-state index < -0.39 is 0 Å². The number of rotatable bonds is 8. The minimum absolute atomic E-state index is 0.237. The Bertz CT molecular complexity index is 951. The average Bonchev–Trinajstić information content (AvgIpc) is 3.20. The summed E-state index contributed by atoms with van der Waals surface area (Å²) in [6.07, 6.45) is 4.13. The molecule has 1 N–H and O–H groups in total. The number of nitrogens with one attached hydrogen (secondary N) is 1. The molecule has 0 saturated carbocycles. The van der Waals surface area contributed by atoms with Crippen LogP contribution in [0.5, 0.6) is 11.5 Å². The van der Waals surface area contributed by atoms with Crippen LogP contribution in [0.15, 0.2) is 60.0 Å². The standard InChI is InChI=1S/C22H22N2O3S/c1-3-13-27-19-11-9-16(14-20(19)26-2)10-12-21(25)24-22-23-18(15-28-22)17-7-5-4-6-8-17/h4-12,14-15H,3,13H2,1-2H3,(H,23,24,25)/b12-10+. The van der Waals surface area contributed by atoms with Gasteiger partial charge in [0.25, 0.3) is 0 Å². The van der Waals surface area contributed by atoms with Crippen LogP contribution in [0.4, 0.5) is 5.13 Å². The van der Waals surface area contributed by atoms with Gasteiger partial charge in [-0.25, -0.2) is 4.98 Å². The van der Waals surface area contributed by atoms with Crippen LogP contribution in [-0.4, -0.2) is 24.6 Å². The second kappa shape index (κ2) is 9.71. The lowest BCUT2D eigenvalue weighted by molar-refractivity contribution is -0.111. The molecule has 0 radical (unpaired) electrons. The number of hydrogen-bond donors (Lipinski definition) is 1. The minimum atomic E-state index is -0.237. The van der Waals surface area contributed by atoms with Gasteiger partial charge in [-0.15, -0.1) is 11.3 Å². The number of anilines is 1. The molecule has 0 aliphatic heterocycles. The fraction of sp³-hybridized carbons (Fsp3) is 0.182. The molecule has 144 valence electrons. The molecule has 2 aromatic carbocycles. The SMILES string of the molecule is CCCOc1ccc(/C=C/C(=O)Nc2nc(-c3ccccc3)cs2)cc1OC. The quantitative estimate of drug-likeness (QED) is 0.530. The molecular formula is C22H22N2O3S. The van der Waals surface area contributed by atoms with Crippen molar-refractivity contribution in [3.05, 3.63) is 65.6 Å². The fourth-order valence-electron chi connectivity index (χ4n) is 2.51. The van der Waals surface area contributed by atoms with E-state index in [2.05, 4.69) is 10.3 Å². The number of nitrogens with zero attached hydrogens (tertiary/aromatic N) is 1. The largest absolute Gasteiger partial charge is 0.493 e. The van der Waals surface area contributed by atoms with Crippen LogP contribution in [-0.2, 0) is 4.79 Å². The Kier molecular flexibility index (Phi) is 6.81. The highest BCUT2D eigenvalue weighted by Gasteiger charge is 2.07. The van der Waals surface area contributed by atoms with E-state index in [1.165, 1.54) is 17.4 Å². The molecule has 5 nitrogen and oxygen atoms in total. The third-order valence-corrected chi connectivity index (χ3v) is 4.64. The summed E-state index contributed by atoms with van der Waals surface area (Å²) in [7, 11) is 1.60. The van der Waals surface area contributed by atoms with E-state index in [1.54, 1.807) is 13.2 Å². The molecule has 3 aromatic rings. The zero-order chi connectivity index (χ0) is 19.8. The molecule has 0 atom stereocenters. The molecule has 28 heavy (non-hydrogen) atoms. The third kappa shape index (κ3) is 5.20. The average molecular weight is 394 g/mol. The van der Waals surface area contributed by atoms with Crippen LogP contribution in [0.1, 0.15) is 18.9 Å². The van der Waals surface area contributed by atoms with Crippen LogP contribution in [0, 0.1) is 0 Å². The second-order valence-electron chi connectivity index (χ2n) is 5.99. The van der Waals surface area contributed by atoms with Gasteiger partial charge >= 0.3 is 0 Å². The van der Waals surface area contributed by atoms with Gasteiger partial charge in [0.2, 0.25) is 5.91 Å². The highest BCUT2D eigenvalue weighted by molar-refractivity contribution is 7.14. The molecule has 0 unspecified atom stereocenters. The van der Waals surface area contributed by atoms with Crippen molar-refractivity contribution in [1.29, 1.82) is 0 Å². The van der Waals surface area contributed by atoms with Crippen molar-refractivity contribution in [3.8, 4) is 22.8 Å². The molecule has 0 bridgehead atoms. The molecule has 0 fully saturated rings. The van der Waals surface area contributed by atoms with Crippen LogP contribution >= 0.6 is 11.3 Å². The van der Waals surface area contributed by atoms with E-state index in [4.69, 9.17) is 9.47 Å². The Morgan fingerprint density at radius 1 is 1.18 bits per heavy atom. The van der Waals surface area contributed by atoms with E-state index in [-0.39, 0.29) is 5.91 Å². The molecule has 0 saturated heterocycles. The molecule has 3 rings (SSSR count). The zero-order valence-electron chi connectivity index (χ0n) is 15.8. The normalized spacial score (nSPS) is 10.8. The van der Waals surface area contributed by atoms with Gasteiger partial charge < -0.3 is 9.47 Å². The molecule has 6 heteroatoms. The Morgan fingerprint density at radius 2 is 2.00 bits per heavy atom. The topological polar surface area (TPSA) is 60.5 Å². The molecular weight excluding hydrogens is 372 g/mol. The number of hydrogen-bond acceptors (Lipinski definition) is 5. The molecule has 0 aliphatic rings. The summed E-state index contributed by atoms with van der Waals surface area (Å²) < 4.78 is 11.0. The fourth-order valence-corrected chi connectivity index (χ4v) is 3.23. The van der Waals surface area contributed by atoms with Gasteiger partial charge in [-0.2, -0.15) is 0 Å². The summed E-state index contributed by atoms with van der Waals surface area (Å²) in [6.45, 7) is 2.68. The van der Waals surface area contributed by atoms with Crippen molar-refractivity contribution in [2.24, 2.45) is 0 Å². The highest BCUT2D eigenvalue weighted by Crippen LogP contribution is 2.29. The Balaban J connectivity index is 1.63. The summed E-state index contributed by atoms with van der Waals surface area (Å²) in [5.74, 6) is 1.10. The number of ether oxygens (including phenoxy) is 2. The lowest BCUT2D eigenvalue weighted by atomic mass is 10.2. The maximum absolute atomic E-state index is 12.2. The van der Waals surface area contributed by atoms with Gasteiger partial charge in [0.15, 0.2) is 16.6 Å². The van der Waals surface area contributed by atoms with E-state index in [1.807, 2.05) is 60.8 Å². The van der Waals surface area contributed by atoms with E-state index >= 15 is 0 Å². The second-order valence-corrected chi connectivity index (χ2v) is 6.84. The molecule has 1 aromatic heterocycles. The number of carbonyl (C=O) groups is 1. The van der Waals surface area contributed by atoms with E-state index in [0.717, 1.165) is 23.2 Å². The van der Waals surface area contributed by atoms with Gasteiger partial charge in [0.05, 0.1) is 19.4 Å². The predicted octanol–water partition coefficient (Wildman–Crippen LogP) is 5.26. The lowest BCUT2D eigenvalue weighted by Crippen LogP contribution is -2.07. The van der Waals surface area contributed by atoms with Crippen LogP contribution in [0.2, 0.25) is 0 Å². The monoisotopic (exact) mass is 394 g/mol. The summed E-state index contributed by atoms with van der Waals surface area (Å²) >= 11 is 1.40. The highest BCUT2D eigenvalue weighted by atomic mass is 32.1. The Labute approximate surface area is 168 Å². The first kappa shape index (κ1) is 19.6. The Morgan fingerprint density at radius 3 is 2.75 bits per heavy atom. The zero-order valence-corrected chi connectivity index (χ0v) is 16.7. The van der Waals surface area contributed by atoms with Gasteiger partial charge in [-0.3, -0.25) is 10.1 Å². The van der Waals surface area contributed by atoms with Gasteiger partial charge in [0.1, 0.15) is 0 Å². The van der Waals surface area contributed by atoms with Gasteiger partial charge in [0, 0.05) is 17.0 Å². The summed E-state index contributed by atoms with van der Waals surface area (Å²) in [6, 6.07) is 15.4. The maximum Gasteiger partial charge on any atom is 0.250 e. The lowest BCUT2D eigenvalue weighted by Gasteiger charge is -2.10. The molecule has 0 spiro atoms. The number of benzene rings is 2. The van der Waals surface area contributed by atoms with Gasteiger partial charge in [-0.1, -0.05) is 43.3 Å². The maximum atomic E-state index is 12.2. The van der Waals surface area contributed by atoms with Crippen molar-refractivity contribution in [1.82, 2.24) is 4.98 Å². The van der Waals surface area contributed by atoms with Crippen molar-refractivity contribution in [3.63, 3.8) is 0 Å². The van der Waals surface area contributed by atoms with Crippen molar-refractivity contribution >= 4 is 28.5 Å². The first-order valence-corrected chi connectivity index (χ1v) is 9.88. The summed E-state index contributed by atoms with van der Waals surface area (Å²) in [5.41, 5.74) is 2.71. The summed E-state index contributed by atoms with van der Waals surface area (Å²) in [5, 5.41) is 5.29. The number of aromatic nitrogens is 1. The summed E-state index contributed by atoms with van der Waals surface area (Å²) in [4.78, 5) is 16.7. The first-order chi connectivity index (χ1) is 13.7. The smallest absolute Gasteiger partial charge is 0.250 e. The molecule has 0 aliphatic carbocycles. The van der Waals surface area contributed by atoms with Crippen molar-refractivity contribution in [2.75, 3.05) is 19.0 Å². The van der Waals surface area contributed by atoms with Crippen LogP contribution in [0.25, 0.3) is 17.3 Å². The predicted molar refractivity (Wildman–Crippen MR) is 114 cm³/mol. The Hall–Kier alpha value is -3.12. The van der Waals surface area contributed by atoms with E-state index in [0.29, 0.717) is 23.2 Å². The van der Waals surface area contributed by atoms with Crippen LogP contribution in [0.3, 0.4) is 0 Å². The first-order valence-electron chi connectivity index (χ1n) is 9.00. The minimum Gasteiger partial charge on any atom is -0.493 e. The van der Waals surface area contributed by atoms with Crippen molar-refractivity contribution < 1.29 is 14.3 Å².